The molecule has 3 unspecified atom stereocenters. The first-order valence-corrected chi connectivity index (χ1v) is 38.5. The van der Waals surface area contributed by atoms with Crippen molar-refractivity contribution in [3.05, 3.63) is 0 Å². The van der Waals surface area contributed by atoms with E-state index < -0.39 is 97.5 Å². The average molecular weight is 1280 g/mol. The number of unbranched alkanes of at least 4 members (excludes halogenated alkanes) is 36. The molecule has 0 aromatic heterocycles. The Balaban J connectivity index is 5.09. The van der Waals surface area contributed by atoms with Crippen molar-refractivity contribution < 1.29 is 80.2 Å². The average Bonchev–Trinajstić information content (AvgIpc) is 3.50. The van der Waals surface area contributed by atoms with E-state index in [9.17, 15) is 43.2 Å². The maximum atomic E-state index is 13.0. The first-order chi connectivity index (χ1) is 41.9. The van der Waals surface area contributed by atoms with Gasteiger partial charge in [-0.25, -0.2) is 9.13 Å². The van der Waals surface area contributed by atoms with Gasteiger partial charge in [-0.2, -0.15) is 0 Å². The summed E-state index contributed by atoms with van der Waals surface area (Å²) in [7, 11) is -9.88. The fourth-order valence-corrected chi connectivity index (χ4v) is 11.8. The number of hydrogen-bond donors (Lipinski definition) is 3. The van der Waals surface area contributed by atoms with E-state index in [2.05, 4.69) is 41.5 Å². The number of esters is 4. The van der Waals surface area contributed by atoms with Crippen LogP contribution in [0.1, 0.15) is 343 Å². The summed E-state index contributed by atoms with van der Waals surface area (Å²) in [5.74, 6) is -0.697. The third-order valence-electron chi connectivity index (χ3n) is 16.1. The number of carbonyl (C=O) groups is 4. The smallest absolute Gasteiger partial charge is 0.462 e. The van der Waals surface area contributed by atoms with E-state index in [0.717, 1.165) is 108 Å². The number of aliphatic hydroxyl groups is 1. The number of phosphoric ester groups is 2. The predicted molar refractivity (Wildman–Crippen MR) is 349 cm³/mol. The van der Waals surface area contributed by atoms with Gasteiger partial charge in [0, 0.05) is 25.7 Å². The van der Waals surface area contributed by atoms with Crippen molar-refractivity contribution in [2.45, 2.75) is 362 Å². The van der Waals surface area contributed by atoms with Crippen molar-refractivity contribution in [1.82, 2.24) is 0 Å². The van der Waals surface area contributed by atoms with Gasteiger partial charge in [-0.15, -0.1) is 0 Å². The molecule has 3 N–H and O–H groups in total. The quantitative estimate of drug-likeness (QED) is 0.0222. The lowest BCUT2D eigenvalue weighted by molar-refractivity contribution is -0.161. The second-order valence-corrected chi connectivity index (χ2v) is 28.2. The van der Waals surface area contributed by atoms with Gasteiger partial charge in [0.1, 0.15) is 19.3 Å². The summed E-state index contributed by atoms with van der Waals surface area (Å²) in [5, 5.41) is 10.5. The highest BCUT2D eigenvalue weighted by molar-refractivity contribution is 7.47. The number of rotatable bonds is 67. The molecule has 0 spiro atoms. The molecular formula is C68H132O17P2. The number of carbonyl (C=O) groups excluding carboxylic acids is 4. The Morgan fingerprint density at radius 3 is 0.874 bits per heavy atom. The predicted octanol–water partition coefficient (Wildman–Crippen LogP) is 19.2. The zero-order chi connectivity index (χ0) is 64.3. The van der Waals surface area contributed by atoms with Gasteiger partial charge in [0.15, 0.2) is 12.2 Å². The standard InChI is InChI=1S/C68H132O17P2/c1-7-10-12-14-15-16-17-18-19-20-21-22-23-24-25-26-27-28-33-40-46-52-67(72)84-64(57-79-66(71)51-45-39-32-30-29-31-37-42-48-60(4)5)59-83-87(76,77)81-55-62(69)54-80-86(74,75)82-58-63(56-78-65(70)50-44-36-13-11-8-2)85-68(73)53-47-41-35-34-38-43-49-61(6)9-3/h60-64,69H,7-59H2,1-6H3,(H,74,75)(H,76,77)/t61?,62-,63+,64+/m0/s1. The van der Waals surface area contributed by atoms with Crippen LogP contribution in [-0.2, 0) is 65.4 Å². The van der Waals surface area contributed by atoms with Crippen LogP contribution in [0.3, 0.4) is 0 Å². The van der Waals surface area contributed by atoms with Gasteiger partial charge in [0.05, 0.1) is 26.4 Å². The first-order valence-electron chi connectivity index (χ1n) is 35.5. The minimum atomic E-state index is -4.95. The summed E-state index contributed by atoms with van der Waals surface area (Å²) in [6.07, 6.45) is 45.1. The molecule has 0 radical (unpaired) electrons. The molecule has 0 aliphatic heterocycles. The molecule has 87 heavy (non-hydrogen) atoms. The monoisotopic (exact) mass is 1280 g/mol. The minimum absolute atomic E-state index is 0.102. The van der Waals surface area contributed by atoms with Gasteiger partial charge >= 0.3 is 39.5 Å². The third kappa shape index (κ3) is 61.3. The number of hydrogen-bond acceptors (Lipinski definition) is 15. The molecule has 0 aliphatic rings. The zero-order valence-corrected chi connectivity index (χ0v) is 58.1. The van der Waals surface area contributed by atoms with E-state index >= 15 is 0 Å². The molecule has 0 heterocycles. The Hall–Kier alpha value is -1.94. The molecule has 516 valence electrons. The number of ether oxygens (including phenoxy) is 4. The summed E-state index contributed by atoms with van der Waals surface area (Å²) in [6, 6.07) is 0. The van der Waals surface area contributed by atoms with Crippen LogP contribution in [0.2, 0.25) is 0 Å². The fourth-order valence-electron chi connectivity index (χ4n) is 10.2. The maximum absolute atomic E-state index is 13.0. The lowest BCUT2D eigenvalue weighted by Crippen LogP contribution is -2.30. The summed E-state index contributed by atoms with van der Waals surface area (Å²) in [6.45, 7) is 9.35. The third-order valence-corrected chi connectivity index (χ3v) is 18.0. The van der Waals surface area contributed by atoms with Crippen LogP contribution in [0.4, 0.5) is 0 Å². The highest BCUT2D eigenvalue weighted by atomic mass is 31.2. The fraction of sp³-hybridized carbons (Fsp3) is 0.941. The van der Waals surface area contributed by atoms with Crippen LogP contribution in [0.15, 0.2) is 0 Å². The first kappa shape index (κ1) is 85.1. The molecule has 0 saturated heterocycles. The van der Waals surface area contributed by atoms with Gasteiger partial charge in [-0.1, -0.05) is 292 Å². The second-order valence-electron chi connectivity index (χ2n) is 25.3. The van der Waals surface area contributed by atoms with E-state index in [1.807, 2.05) is 0 Å². The van der Waals surface area contributed by atoms with Crippen LogP contribution in [0, 0.1) is 11.8 Å². The molecule has 0 amide bonds. The van der Waals surface area contributed by atoms with Crippen molar-refractivity contribution in [3.63, 3.8) is 0 Å². The lowest BCUT2D eigenvalue weighted by Gasteiger charge is -2.21. The minimum Gasteiger partial charge on any atom is -0.462 e. The van der Waals surface area contributed by atoms with E-state index in [0.29, 0.717) is 25.7 Å². The normalized spacial score (nSPS) is 14.5. The summed E-state index contributed by atoms with van der Waals surface area (Å²) in [5.41, 5.74) is 0. The highest BCUT2D eigenvalue weighted by Crippen LogP contribution is 2.45. The van der Waals surface area contributed by atoms with E-state index in [1.54, 1.807) is 0 Å². The molecule has 0 aromatic carbocycles. The largest absolute Gasteiger partial charge is 0.472 e. The molecule has 0 saturated carbocycles. The number of aliphatic hydroxyl groups excluding tert-OH is 1. The Morgan fingerprint density at radius 1 is 0.333 bits per heavy atom. The SMILES string of the molecule is CCCCCCCCCCCCCCCCCCCCCCCC(=O)O[C@H](COC(=O)CCCCCCCCCCC(C)C)COP(=O)(O)OC[C@@H](O)COP(=O)(O)OC[C@@H](COC(=O)CCCCCCC)OC(=O)CCCCCCCCC(C)CC. The van der Waals surface area contributed by atoms with Crippen molar-refractivity contribution >= 4 is 39.5 Å². The molecule has 17 nitrogen and oxygen atoms in total. The highest BCUT2D eigenvalue weighted by Gasteiger charge is 2.30. The summed E-state index contributed by atoms with van der Waals surface area (Å²) >= 11 is 0. The van der Waals surface area contributed by atoms with E-state index in [1.165, 1.54) is 154 Å². The zero-order valence-electron chi connectivity index (χ0n) is 56.3. The molecule has 0 rings (SSSR count). The Labute approximate surface area is 530 Å². The Bertz CT molecular complexity index is 1700. The van der Waals surface area contributed by atoms with Crippen LogP contribution in [0.25, 0.3) is 0 Å². The van der Waals surface area contributed by atoms with E-state index in [-0.39, 0.29) is 25.7 Å². The number of phosphoric acid groups is 2. The molecule has 19 heteroatoms. The Morgan fingerprint density at radius 2 is 0.586 bits per heavy atom. The lowest BCUT2D eigenvalue weighted by atomic mass is 10.00. The van der Waals surface area contributed by atoms with Crippen LogP contribution in [0.5, 0.6) is 0 Å². The van der Waals surface area contributed by atoms with Crippen molar-refractivity contribution in [3.8, 4) is 0 Å². The topological polar surface area (TPSA) is 237 Å². The van der Waals surface area contributed by atoms with Gasteiger partial charge < -0.3 is 33.8 Å². The molecule has 0 bridgehead atoms. The van der Waals surface area contributed by atoms with Crippen LogP contribution >= 0.6 is 15.6 Å². The van der Waals surface area contributed by atoms with Gasteiger partial charge in [0.2, 0.25) is 0 Å². The second kappa shape index (κ2) is 60.3. The van der Waals surface area contributed by atoms with Crippen LogP contribution < -0.4 is 0 Å². The molecule has 0 fully saturated rings. The Kier molecular flexibility index (Phi) is 59.0. The van der Waals surface area contributed by atoms with Gasteiger partial charge in [-0.05, 0) is 37.5 Å². The van der Waals surface area contributed by atoms with Gasteiger partial charge in [-0.3, -0.25) is 37.3 Å². The summed E-state index contributed by atoms with van der Waals surface area (Å²) in [4.78, 5) is 72.1. The van der Waals surface area contributed by atoms with Crippen molar-refractivity contribution in [1.29, 1.82) is 0 Å². The molecule has 0 aliphatic carbocycles. The molecule has 0 aromatic rings. The summed E-state index contributed by atoms with van der Waals surface area (Å²) < 4.78 is 67.9. The van der Waals surface area contributed by atoms with Crippen molar-refractivity contribution in [2.24, 2.45) is 11.8 Å². The van der Waals surface area contributed by atoms with Crippen LogP contribution in [-0.4, -0.2) is 96.7 Å². The maximum Gasteiger partial charge on any atom is 0.472 e. The van der Waals surface area contributed by atoms with Gasteiger partial charge in [0.25, 0.3) is 0 Å². The molecular weight excluding hydrogens is 1150 g/mol. The van der Waals surface area contributed by atoms with Crippen molar-refractivity contribution in [2.75, 3.05) is 39.6 Å². The molecule has 6 atom stereocenters. The van der Waals surface area contributed by atoms with E-state index in [4.69, 9.17) is 37.0 Å².